The highest BCUT2D eigenvalue weighted by Crippen LogP contribution is 2.36. The summed E-state index contributed by atoms with van der Waals surface area (Å²) in [5.41, 5.74) is 2.03. The number of piperidine rings is 1. The van der Waals surface area contributed by atoms with Gasteiger partial charge in [0.05, 0.1) is 12.1 Å². The van der Waals surface area contributed by atoms with Crippen LogP contribution >= 0.6 is 0 Å². The minimum absolute atomic E-state index is 0.502. The van der Waals surface area contributed by atoms with E-state index in [-0.39, 0.29) is 0 Å². The SMILES string of the molecule is Cc1cc(N2C3CC2CN(c2nccc(C)n2)C3)ncn1. The van der Waals surface area contributed by atoms with Crippen molar-refractivity contribution < 1.29 is 0 Å². The Labute approximate surface area is 123 Å². The molecule has 6 heteroatoms. The van der Waals surface area contributed by atoms with Crippen LogP contribution in [0.5, 0.6) is 0 Å². The van der Waals surface area contributed by atoms with Gasteiger partial charge in [-0.2, -0.15) is 0 Å². The van der Waals surface area contributed by atoms with Gasteiger partial charge in [-0.1, -0.05) is 0 Å². The highest BCUT2D eigenvalue weighted by molar-refractivity contribution is 5.50. The molecule has 3 saturated heterocycles. The van der Waals surface area contributed by atoms with E-state index < -0.39 is 0 Å². The maximum Gasteiger partial charge on any atom is 0.225 e. The average molecular weight is 282 g/mol. The third-order valence-electron chi connectivity index (χ3n) is 4.31. The minimum atomic E-state index is 0.502. The number of anilines is 2. The van der Waals surface area contributed by atoms with E-state index in [0.29, 0.717) is 12.1 Å². The molecule has 6 nitrogen and oxygen atoms in total. The maximum absolute atomic E-state index is 4.53. The molecule has 0 aromatic carbocycles. The van der Waals surface area contributed by atoms with E-state index >= 15 is 0 Å². The molecule has 2 aromatic heterocycles. The van der Waals surface area contributed by atoms with Crippen LogP contribution in [0.15, 0.2) is 24.7 Å². The van der Waals surface area contributed by atoms with E-state index in [4.69, 9.17) is 0 Å². The topological polar surface area (TPSA) is 58.0 Å². The molecule has 3 aliphatic heterocycles. The molecule has 108 valence electrons. The van der Waals surface area contributed by atoms with Gasteiger partial charge in [0.15, 0.2) is 0 Å². The summed E-state index contributed by atoms with van der Waals surface area (Å²) in [7, 11) is 0. The normalized spacial score (nSPS) is 23.9. The molecule has 21 heavy (non-hydrogen) atoms. The second-order valence-corrected chi connectivity index (χ2v) is 5.87. The van der Waals surface area contributed by atoms with Crippen molar-refractivity contribution in [3.8, 4) is 0 Å². The van der Waals surface area contributed by atoms with Gasteiger partial charge in [0.2, 0.25) is 5.95 Å². The quantitative estimate of drug-likeness (QED) is 0.829. The third kappa shape index (κ3) is 2.11. The molecule has 3 fully saturated rings. The van der Waals surface area contributed by atoms with Crippen molar-refractivity contribution in [2.75, 3.05) is 22.9 Å². The zero-order valence-corrected chi connectivity index (χ0v) is 12.3. The van der Waals surface area contributed by atoms with Crippen LogP contribution in [0.1, 0.15) is 17.8 Å². The van der Waals surface area contributed by atoms with E-state index in [1.807, 2.05) is 26.1 Å². The predicted molar refractivity (Wildman–Crippen MR) is 80.4 cm³/mol. The highest BCUT2D eigenvalue weighted by Gasteiger charge is 2.45. The Morgan fingerprint density at radius 1 is 1.05 bits per heavy atom. The van der Waals surface area contributed by atoms with Crippen molar-refractivity contribution in [3.63, 3.8) is 0 Å². The van der Waals surface area contributed by atoms with Crippen molar-refractivity contribution in [2.45, 2.75) is 32.4 Å². The Balaban J connectivity index is 1.54. The first-order chi connectivity index (χ1) is 10.2. The smallest absolute Gasteiger partial charge is 0.225 e. The van der Waals surface area contributed by atoms with E-state index in [0.717, 1.165) is 36.2 Å². The van der Waals surface area contributed by atoms with Crippen LogP contribution in [0.25, 0.3) is 0 Å². The van der Waals surface area contributed by atoms with E-state index in [9.17, 15) is 0 Å². The molecule has 2 unspecified atom stereocenters. The summed E-state index contributed by atoms with van der Waals surface area (Å²) in [5, 5.41) is 0. The lowest BCUT2D eigenvalue weighted by atomic mass is 9.87. The summed E-state index contributed by atoms with van der Waals surface area (Å²) >= 11 is 0. The van der Waals surface area contributed by atoms with Crippen molar-refractivity contribution >= 4 is 11.8 Å². The number of nitrogens with zero attached hydrogens (tertiary/aromatic N) is 6. The first-order valence-corrected chi connectivity index (χ1v) is 7.32. The number of hydrogen-bond acceptors (Lipinski definition) is 6. The molecule has 5 rings (SSSR count). The fraction of sp³-hybridized carbons (Fsp3) is 0.467. The Kier molecular flexibility index (Phi) is 2.77. The Morgan fingerprint density at radius 3 is 2.57 bits per heavy atom. The summed E-state index contributed by atoms with van der Waals surface area (Å²) in [6.07, 6.45) is 4.72. The van der Waals surface area contributed by atoms with Crippen LogP contribution < -0.4 is 9.80 Å². The van der Waals surface area contributed by atoms with Crippen LogP contribution in [0.3, 0.4) is 0 Å². The number of fused-ring (bicyclic) bond motifs is 2. The number of hydrogen-bond donors (Lipinski definition) is 0. The highest BCUT2D eigenvalue weighted by atomic mass is 15.4. The van der Waals surface area contributed by atoms with Crippen molar-refractivity contribution in [3.05, 3.63) is 36.0 Å². The van der Waals surface area contributed by atoms with E-state index in [1.165, 1.54) is 6.42 Å². The van der Waals surface area contributed by atoms with Gasteiger partial charge >= 0.3 is 0 Å². The first kappa shape index (κ1) is 12.5. The van der Waals surface area contributed by atoms with Gasteiger partial charge in [0.1, 0.15) is 12.1 Å². The molecule has 0 N–H and O–H groups in total. The number of rotatable bonds is 2. The maximum atomic E-state index is 4.53. The summed E-state index contributed by atoms with van der Waals surface area (Å²) in [4.78, 5) is 22.2. The molecule has 0 saturated carbocycles. The van der Waals surface area contributed by atoms with Gasteiger partial charge in [0, 0.05) is 36.7 Å². The van der Waals surface area contributed by atoms with Crippen LogP contribution in [0.4, 0.5) is 11.8 Å². The van der Waals surface area contributed by atoms with Crippen LogP contribution in [-0.2, 0) is 0 Å². The van der Waals surface area contributed by atoms with Crippen molar-refractivity contribution in [2.24, 2.45) is 0 Å². The average Bonchev–Trinajstić information content (AvgIpc) is 2.47. The van der Waals surface area contributed by atoms with Crippen molar-refractivity contribution in [1.29, 1.82) is 0 Å². The second kappa shape index (κ2) is 4.65. The summed E-state index contributed by atoms with van der Waals surface area (Å²) in [6.45, 7) is 5.94. The van der Waals surface area contributed by atoms with Gasteiger partial charge in [-0.15, -0.1) is 0 Å². The monoisotopic (exact) mass is 282 g/mol. The molecule has 3 aliphatic rings. The van der Waals surface area contributed by atoms with Crippen LogP contribution in [0.2, 0.25) is 0 Å². The largest absolute Gasteiger partial charge is 0.347 e. The molecule has 0 aliphatic carbocycles. The molecular formula is C15H18N6. The predicted octanol–water partition coefficient (Wildman–Crippen LogP) is 1.35. The van der Waals surface area contributed by atoms with Gasteiger partial charge in [-0.05, 0) is 26.3 Å². The van der Waals surface area contributed by atoms with Crippen LogP contribution in [-0.4, -0.2) is 45.1 Å². The molecule has 2 aromatic rings. The lowest BCUT2D eigenvalue weighted by Crippen LogP contribution is -2.69. The zero-order chi connectivity index (χ0) is 14.4. The lowest BCUT2D eigenvalue weighted by molar-refractivity contribution is 0.286. The van der Waals surface area contributed by atoms with Gasteiger partial charge in [0.25, 0.3) is 0 Å². The van der Waals surface area contributed by atoms with Crippen molar-refractivity contribution in [1.82, 2.24) is 19.9 Å². The number of aromatic nitrogens is 4. The molecule has 0 amide bonds. The standard InChI is InChI=1S/C15H18N6/c1-10-3-4-16-15(19-10)20-7-12-6-13(8-20)21(12)14-5-11(2)17-9-18-14/h3-5,9,12-13H,6-8H2,1-2H3. The third-order valence-corrected chi connectivity index (χ3v) is 4.31. The van der Waals surface area contributed by atoms with E-state index in [2.05, 4.69) is 35.8 Å². The van der Waals surface area contributed by atoms with E-state index in [1.54, 1.807) is 6.33 Å². The number of piperazine rings is 1. The lowest BCUT2D eigenvalue weighted by Gasteiger charge is -2.56. The Morgan fingerprint density at radius 2 is 1.86 bits per heavy atom. The molecule has 5 heterocycles. The molecule has 2 bridgehead atoms. The van der Waals surface area contributed by atoms with Gasteiger partial charge < -0.3 is 9.80 Å². The van der Waals surface area contributed by atoms with Crippen LogP contribution in [0, 0.1) is 13.8 Å². The molecular weight excluding hydrogens is 264 g/mol. The second-order valence-electron chi connectivity index (χ2n) is 5.87. The Bertz CT molecular complexity index is 661. The molecule has 0 radical (unpaired) electrons. The van der Waals surface area contributed by atoms with Gasteiger partial charge in [-0.25, -0.2) is 19.9 Å². The number of aryl methyl sites for hydroxylation is 2. The Hall–Kier alpha value is -2.24. The summed E-state index contributed by atoms with van der Waals surface area (Å²) in [6, 6.07) is 5.01. The molecule has 0 spiro atoms. The molecule has 2 atom stereocenters. The minimum Gasteiger partial charge on any atom is -0.347 e. The van der Waals surface area contributed by atoms with Gasteiger partial charge in [-0.3, -0.25) is 0 Å². The summed E-state index contributed by atoms with van der Waals surface area (Å²) < 4.78 is 0. The fourth-order valence-corrected chi connectivity index (χ4v) is 3.32. The fourth-order valence-electron chi connectivity index (χ4n) is 3.32. The zero-order valence-electron chi connectivity index (χ0n) is 12.3. The summed E-state index contributed by atoms with van der Waals surface area (Å²) in [5.74, 6) is 1.90. The first-order valence-electron chi connectivity index (χ1n) is 7.32.